The second-order valence-electron chi connectivity index (χ2n) is 6.00. The molecule has 4 nitrogen and oxygen atoms in total. The number of carbonyl (C=O) groups excluding carboxylic acids is 1. The van der Waals surface area contributed by atoms with Gasteiger partial charge in [-0.1, -0.05) is 29.3 Å². The fourth-order valence-corrected chi connectivity index (χ4v) is 3.55. The van der Waals surface area contributed by atoms with Crippen molar-refractivity contribution in [1.29, 1.82) is 0 Å². The van der Waals surface area contributed by atoms with Gasteiger partial charge in [0, 0.05) is 12.5 Å². The van der Waals surface area contributed by atoms with E-state index in [0.29, 0.717) is 23.0 Å². The minimum atomic E-state index is -0.903. The Morgan fingerprint density at radius 1 is 1.18 bits per heavy atom. The molecule has 1 heterocycles. The van der Waals surface area contributed by atoms with Gasteiger partial charge in [-0.05, 0) is 49.3 Å². The molecular formula is C16H17Cl2NO3. The molecule has 1 N–H and O–H groups in total. The van der Waals surface area contributed by atoms with E-state index >= 15 is 0 Å². The minimum absolute atomic E-state index is 0.0387. The van der Waals surface area contributed by atoms with E-state index in [0.717, 1.165) is 24.8 Å². The summed E-state index contributed by atoms with van der Waals surface area (Å²) in [4.78, 5) is 25.5. The molecule has 0 bridgehead atoms. The summed E-state index contributed by atoms with van der Waals surface area (Å²) < 4.78 is 0. The van der Waals surface area contributed by atoms with E-state index in [1.807, 2.05) is 6.07 Å². The van der Waals surface area contributed by atoms with Crippen molar-refractivity contribution in [3.8, 4) is 0 Å². The van der Waals surface area contributed by atoms with Crippen LogP contribution in [0.1, 0.15) is 37.2 Å². The van der Waals surface area contributed by atoms with Crippen molar-refractivity contribution in [2.75, 3.05) is 6.54 Å². The van der Waals surface area contributed by atoms with Crippen LogP contribution >= 0.6 is 23.2 Å². The first-order valence-electron chi connectivity index (χ1n) is 7.47. The van der Waals surface area contributed by atoms with E-state index in [4.69, 9.17) is 23.2 Å². The third kappa shape index (κ3) is 2.95. The molecule has 1 saturated heterocycles. The lowest BCUT2D eigenvalue weighted by molar-refractivity contribution is -0.152. The topological polar surface area (TPSA) is 57.6 Å². The van der Waals surface area contributed by atoms with Crippen LogP contribution in [0.2, 0.25) is 10.0 Å². The normalized spacial score (nSPS) is 27.5. The maximum Gasteiger partial charge on any atom is 0.326 e. The number of hydrogen-bond acceptors (Lipinski definition) is 2. The van der Waals surface area contributed by atoms with Gasteiger partial charge in [-0.3, -0.25) is 4.79 Å². The molecule has 2 aliphatic rings. The zero-order valence-electron chi connectivity index (χ0n) is 12.0. The lowest BCUT2D eigenvalue weighted by Crippen LogP contribution is -2.48. The van der Waals surface area contributed by atoms with Crippen LogP contribution in [0.4, 0.5) is 0 Å². The monoisotopic (exact) mass is 341 g/mol. The highest BCUT2D eigenvalue weighted by molar-refractivity contribution is 6.42. The Balaban J connectivity index is 1.71. The summed E-state index contributed by atoms with van der Waals surface area (Å²) in [6.07, 6.45) is 3.03. The summed E-state index contributed by atoms with van der Waals surface area (Å²) in [5.41, 5.74) is 0.997. The molecule has 1 aliphatic heterocycles. The summed E-state index contributed by atoms with van der Waals surface area (Å²) in [6, 6.07) is 4.75. The molecule has 1 aliphatic carbocycles. The van der Waals surface area contributed by atoms with Gasteiger partial charge in [-0.2, -0.15) is 0 Å². The van der Waals surface area contributed by atoms with Crippen molar-refractivity contribution in [2.24, 2.45) is 5.92 Å². The quantitative estimate of drug-likeness (QED) is 0.914. The molecule has 1 aromatic rings. The largest absolute Gasteiger partial charge is 0.480 e. The maximum absolute atomic E-state index is 12.6. The van der Waals surface area contributed by atoms with Crippen molar-refractivity contribution in [3.05, 3.63) is 33.8 Å². The summed E-state index contributed by atoms with van der Waals surface area (Å²) in [6.45, 7) is 0.542. The van der Waals surface area contributed by atoms with Crippen LogP contribution in [0.25, 0.3) is 0 Å². The molecule has 3 atom stereocenters. The predicted molar refractivity (Wildman–Crippen MR) is 84.3 cm³/mol. The number of rotatable bonds is 3. The van der Waals surface area contributed by atoms with E-state index in [1.165, 1.54) is 0 Å². The van der Waals surface area contributed by atoms with Crippen LogP contribution in [0, 0.1) is 5.92 Å². The molecule has 118 valence electrons. The molecule has 0 radical (unpaired) electrons. The highest BCUT2D eigenvalue weighted by Gasteiger charge is 2.48. The molecule has 22 heavy (non-hydrogen) atoms. The minimum Gasteiger partial charge on any atom is -0.480 e. The molecule has 2 unspecified atom stereocenters. The van der Waals surface area contributed by atoms with Crippen LogP contribution in [0.5, 0.6) is 0 Å². The average molecular weight is 342 g/mol. The van der Waals surface area contributed by atoms with Crippen molar-refractivity contribution in [2.45, 2.75) is 37.6 Å². The molecule has 6 heteroatoms. The Bertz CT molecular complexity index is 619. The van der Waals surface area contributed by atoms with Crippen LogP contribution in [0.15, 0.2) is 18.2 Å². The Labute approximate surface area is 139 Å². The molecule has 2 fully saturated rings. The summed E-state index contributed by atoms with van der Waals surface area (Å²) in [7, 11) is 0. The summed E-state index contributed by atoms with van der Waals surface area (Å²) >= 11 is 11.9. The van der Waals surface area contributed by atoms with Crippen molar-refractivity contribution < 1.29 is 14.7 Å². The Hall–Kier alpha value is -1.26. The Morgan fingerprint density at radius 2 is 1.95 bits per heavy atom. The van der Waals surface area contributed by atoms with Crippen molar-refractivity contribution >= 4 is 35.1 Å². The highest BCUT2D eigenvalue weighted by atomic mass is 35.5. The number of aliphatic carboxylic acids is 1. The van der Waals surface area contributed by atoms with Gasteiger partial charge in [-0.25, -0.2) is 4.79 Å². The SMILES string of the molecule is O=C(O)[C@H]1CCCCN1C(=O)C1CC1c1ccc(Cl)c(Cl)c1. The second kappa shape index (κ2) is 6.09. The fourth-order valence-electron chi connectivity index (χ4n) is 3.24. The van der Waals surface area contributed by atoms with E-state index in [1.54, 1.807) is 17.0 Å². The lowest BCUT2D eigenvalue weighted by atomic mass is 10.0. The molecule has 0 aromatic heterocycles. The first-order valence-corrected chi connectivity index (χ1v) is 8.23. The lowest BCUT2D eigenvalue weighted by Gasteiger charge is -2.33. The number of nitrogens with zero attached hydrogens (tertiary/aromatic N) is 1. The summed E-state index contributed by atoms with van der Waals surface area (Å²) in [5.74, 6) is -0.946. The van der Waals surface area contributed by atoms with Gasteiger partial charge in [0.15, 0.2) is 0 Å². The van der Waals surface area contributed by atoms with E-state index in [9.17, 15) is 14.7 Å². The molecule has 0 spiro atoms. The number of amides is 1. The van der Waals surface area contributed by atoms with Gasteiger partial charge in [0.05, 0.1) is 10.0 Å². The van der Waals surface area contributed by atoms with Crippen molar-refractivity contribution in [3.63, 3.8) is 0 Å². The van der Waals surface area contributed by atoms with Crippen LogP contribution in [-0.4, -0.2) is 34.5 Å². The maximum atomic E-state index is 12.6. The van der Waals surface area contributed by atoms with E-state index in [2.05, 4.69) is 0 Å². The van der Waals surface area contributed by atoms with Crippen molar-refractivity contribution in [1.82, 2.24) is 4.90 Å². The molecular weight excluding hydrogens is 325 g/mol. The third-order valence-corrected chi connectivity index (χ3v) is 5.29. The van der Waals surface area contributed by atoms with Crippen LogP contribution in [-0.2, 0) is 9.59 Å². The van der Waals surface area contributed by atoms with Gasteiger partial charge in [-0.15, -0.1) is 0 Å². The van der Waals surface area contributed by atoms with Gasteiger partial charge in [0.25, 0.3) is 0 Å². The van der Waals surface area contributed by atoms with E-state index < -0.39 is 12.0 Å². The number of benzene rings is 1. The number of carboxylic acid groups (broad SMARTS) is 1. The number of carbonyl (C=O) groups is 2. The number of likely N-dealkylation sites (tertiary alicyclic amines) is 1. The average Bonchev–Trinajstić information content (AvgIpc) is 3.30. The van der Waals surface area contributed by atoms with Gasteiger partial charge < -0.3 is 10.0 Å². The smallest absolute Gasteiger partial charge is 0.326 e. The van der Waals surface area contributed by atoms with Gasteiger partial charge >= 0.3 is 5.97 Å². The zero-order chi connectivity index (χ0) is 15.9. The second-order valence-corrected chi connectivity index (χ2v) is 6.82. The fraction of sp³-hybridized carbons (Fsp3) is 0.500. The standard InChI is InChI=1S/C16H17Cl2NO3/c17-12-5-4-9(7-13(12)18)10-8-11(10)15(20)19-6-2-1-3-14(19)16(21)22/h4-5,7,10-11,14H,1-3,6,8H2,(H,21,22)/t10?,11?,14-/m1/s1. The number of hydrogen-bond donors (Lipinski definition) is 1. The third-order valence-electron chi connectivity index (χ3n) is 4.55. The predicted octanol–water partition coefficient (Wildman–Crippen LogP) is 3.56. The first kappa shape index (κ1) is 15.6. The zero-order valence-corrected chi connectivity index (χ0v) is 13.5. The van der Waals surface area contributed by atoms with Crippen LogP contribution < -0.4 is 0 Å². The highest BCUT2D eigenvalue weighted by Crippen LogP contribution is 2.49. The Kier molecular flexibility index (Phi) is 4.33. The Morgan fingerprint density at radius 3 is 2.64 bits per heavy atom. The number of halogens is 2. The van der Waals surface area contributed by atoms with E-state index in [-0.39, 0.29) is 17.7 Å². The molecule has 1 aromatic carbocycles. The molecule has 1 amide bonds. The summed E-state index contributed by atoms with van der Waals surface area (Å²) in [5, 5.41) is 10.3. The first-order chi connectivity index (χ1) is 10.5. The molecule has 3 rings (SSSR count). The number of carboxylic acids is 1. The number of piperidine rings is 1. The van der Waals surface area contributed by atoms with Gasteiger partial charge in [0.1, 0.15) is 6.04 Å². The van der Waals surface area contributed by atoms with Gasteiger partial charge in [0.2, 0.25) is 5.91 Å². The molecule has 1 saturated carbocycles. The van der Waals surface area contributed by atoms with Crippen LogP contribution in [0.3, 0.4) is 0 Å².